The molecule has 1 aromatic carbocycles. The second-order valence-electron chi connectivity index (χ2n) is 3.19. The topological polar surface area (TPSA) is 12.9 Å². The number of alkyl halides is 1. The third-order valence-electron chi connectivity index (χ3n) is 2.16. The fourth-order valence-electron chi connectivity index (χ4n) is 1.40. The van der Waals surface area contributed by atoms with Crippen LogP contribution in [0.25, 0.3) is 11.1 Å². The van der Waals surface area contributed by atoms with Gasteiger partial charge < -0.3 is 0 Å². The zero-order chi connectivity index (χ0) is 10.7. The van der Waals surface area contributed by atoms with Crippen LogP contribution in [0, 0.1) is 5.82 Å². The van der Waals surface area contributed by atoms with Gasteiger partial charge in [-0.3, -0.25) is 4.98 Å². The second kappa shape index (κ2) is 4.41. The molecule has 1 heterocycles. The SMILES string of the molecule is Fc1cc(CCl)ccc1-c1cccnc1. The lowest BCUT2D eigenvalue weighted by Crippen LogP contribution is -1.87. The summed E-state index contributed by atoms with van der Waals surface area (Å²) in [6, 6.07) is 8.60. The molecule has 1 aromatic heterocycles. The Morgan fingerprint density at radius 3 is 2.73 bits per heavy atom. The van der Waals surface area contributed by atoms with E-state index in [2.05, 4.69) is 4.98 Å². The Hall–Kier alpha value is -1.41. The number of aromatic nitrogens is 1. The van der Waals surface area contributed by atoms with Gasteiger partial charge in [-0.15, -0.1) is 11.6 Å². The average molecular weight is 222 g/mol. The number of pyridine rings is 1. The Balaban J connectivity index is 2.46. The molecule has 2 aromatic rings. The van der Waals surface area contributed by atoms with E-state index in [0.29, 0.717) is 11.4 Å². The molecule has 3 heteroatoms. The number of hydrogen-bond donors (Lipinski definition) is 0. The highest BCUT2D eigenvalue weighted by Gasteiger charge is 2.05. The van der Waals surface area contributed by atoms with Crippen molar-refractivity contribution in [1.82, 2.24) is 4.98 Å². The number of benzene rings is 1. The summed E-state index contributed by atoms with van der Waals surface area (Å²) in [5.74, 6) is 0.0608. The second-order valence-corrected chi connectivity index (χ2v) is 3.46. The third-order valence-corrected chi connectivity index (χ3v) is 2.47. The molecule has 0 bridgehead atoms. The van der Waals surface area contributed by atoms with E-state index >= 15 is 0 Å². The normalized spacial score (nSPS) is 10.3. The van der Waals surface area contributed by atoms with Crippen LogP contribution in [-0.4, -0.2) is 4.98 Å². The van der Waals surface area contributed by atoms with Crippen LogP contribution < -0.4 is 0 Å². The molecule has 0 amide bonds. The van der Waals surface area contributed by atoms with Crippen LogP contribution in [0.1, 0.15) is 5.56 Å². The fourth-order valence-corrected chi connectivity index (χ4v) is 1.56. The van der Waals surface area contributed by atoms with Crippen LogP contribution in [0.2, 0.25) is 0 Å². The fraction of sp³-hybridized carbons (Fsp3) is 0.0833. The van der Waals surface area contributed by atoms with Gasteiger partial charge in [-0.1, -0.05) is 18.2 Å². The predicted molar refractivity (Wildman–Crippen MR) is 59.2 cm³/mol. The number of hydrogen-bond acceptors (Lipinski definition) is 1. The van der Waals surface area contributed by atoms with Crippen LogP contribution in [0.3, 0.4) is 0 Å². The standard InChI is InChI=1S/C12H9ClFN/c13-7-9-3-4-11(12(14)6-9)10-2-1-5-15-8-10/h1-6,8H,7H2. The zero-order valence-corrected chi connectivity index (χ0v) is 8.71. The first-order valence-electron chi connectivity index (χ1n) is 4.56. The van der Waals surface area contributed by atoms with Crippen LogP contribution in [0.15, 0.2) is 42.7 Å². The van der Waals surface area contributed by atoms with E-state index in [1.807, 2.05) is 12.1 Å². The van der Waals surface area contributed by atoms with E-state index in [-0.39, 0.29) is 5.82 Å². The van der Waals surface area contributed by atoms with Crippen molar-refractivity contribution in [3.63, 3.8) is 0 Å². The predicted octanol–water partition coefficient (Wildman–Crippen LogP) is 3.63. The Bertz CT molecular complexity index is 456. The van der Waals surface area contributed by atoms with Crippen molar-refractivity contribution in [3.8, 4) is 11.1 Å². The van der Waals surface area contributed by atoms with E-state index in [9.17, 15) is 4.39 Å². The Kier molecular flexibility index (Phi) is 2.97. The van der Waals surface area contributed by atoms with Crippen molar-refractivity contribution in [2.24, 2.45) is 0 Å². The summed E-state index contributed by atoms with van der Waals surface area (Å²) in [6.07, 6.45) is 3.30. The molecule has 0 atom stereocenters. The van der Waals surface area contributed by atoms with Crippen molar-refractivity contribution >= 4 is 11.6 Å². The van der Waals surface area contributed by atoms with Gasteiger partial charge in [0.2, 0.25) is 0 Å². The smallest absolute Gasteiger partial charge is 0.131 e. The van der Waals surface area contributed by atoms with Crippen LogP contribution in [0.5, 0.6) is 0 Å². The van der Waals surface area contributed by atoms with Crippen molar-refractivity contribution in [2.45, 2.75) is 5.88 Å². The Morgan fingerprint density at radius 1 is 1.27 bits per heavy atom. The molecule has 0 saturated carbocycles. The lowest BCUT2D eigenvalue weighted by Gasteiger charge is -2.04. The molecule has 0 aliphatic heterocycles. The van der Waals surface area contributed by atoms with E-state index < -0.39 is 0 Å². The molecule has 0 saturated heterocycles. The maximum atomic E-state index is 13.6. The summed E-state index contributed by atoms with van der Waals surface area (Å²) in [5, 5.41) is 0. The molecule has 0 radical (unpaired) electrons. The molecule has 76 valence electrons. The van der Waals surface area contributed by atoms with E-state index in [1.165, 1.54) is 6.07 Å². The van der Waals surface area contributed by atoms with Gasteiger partial charge in [0.1, 0.15) is 5.82 Å². The molecule has 1 nitrogen and oxygen atoms in total. The minimum atomic E-state index is -0.263. The van der Waals surface area contributed by atoms with E-state index in [0.717, 1.165) is 11.1 Å². The molecule has 15 heavy (non-hydrogen) atoms. The lowest BCUT2D eigenvalue weighted by molar-refractivity contribution is 0.630. The molecule has 0 fully saturated rings. The first kappa shape index (κ1) is 10.1. The monoisotopic (exact) mass is 221 g/mol. The Morgan fingerprint density at radius 2 is 2.13 bits per heavy atom. The lowest BCUT2D eigenvalue weighted by atomic mass is 10.1. The highest BCUT2D eigenvalue weighted by Crippen LogP contribution is 2.23. The summed E-state index contributed by atoms with van der Waals surface area (Å²) >= 11 is 5.62. The molecule has 2 rings (SSSR count). The van der Waals surface area contributed by atoms with Crippen molar-refractivity contribution < 1.29 is 4.39 Å². The highest BCUT2D eigenvalue weighted by molar-refractivity contribution is 6.17. The van der Waals surface area contributed by atoms with Gasteiger partial charge in [-0.2, -0.15) is 0 Å². The van der Waals surface area contributed by atoms with Gasteiger partial charge >= 0.3 is 0 Å². The van der Waals surface area contributed by atoms with Crippen LogP contribution in [-0.2, 0) is 5.88 Å². The first-order chi connectivity index (χ1) is 7.31. The van der Waals surface area contributed by atoms with Crippen LogP contribution >= 0.6 is 11.6 Å². The van der Waals surface area contributed by atoms with Crippen LogP contribution in [0.4, 0.5) is 4.39 Å². The molecule has 0 aliphatic rings. The summed E-state index contributed by atoms with van der Waals surface area (Å²) in [5.41, 5.74) is 2.11. The van der Waals surface area contributed by atoms with E-state index in [4.69, 9.17) is 11.6 Å². The molecule has 0 aliphatic carbocycles. The Labute approximate surface area is 92.5 Å². The molecule has 0 N–H and O–H groups in total. The van der Waals surface area contributed by atoms with E-state index in [1.54, 1.807) is 24.5 Å². The molecular weight excluding hydrogens is 213 g/mol. The van der Waals surface area contributed by atoms with Gasteiger partial charge in [0.25, 0.3) is 0 Å². The maximum Gasteiger partial charge on any atom is 0.131 e. The minimum Gasteiger partial charge on any atom is -0.264 e. The maximum absolute atomic E-state index is 13.6. The molecule has 0 unspecified atom stereocenters. The van der Waals surface area contributed by atoms with Gasteiger partial charge in [0, 0.05) is 29.4 Å². The van der Waals surface area contributed by atoms with Gasteiger partial charge in [0.05, 0.1) is 0 Å². The highest BCUT2D eigenvalue weighted by atomic mass is 35.5. The summed E-state index contributed by atoms with van der Waals surface area (Å²) in [7, 11) is 0. The summed E-state index contributed by atoms with van der Waals surface area (Å²) < 4.78 is 13.6. The first-order valence-corrected chi connectivity index (χ1v) is 5.09. The third kappa shape index (κ3) is 2.16. The number of rotatable bonds is 2. The van der Waals surface area contributed by atoms with Gasteiger partial charge in [-0.05, 0) is 17.7 Å². The minimum absolute atomic E-state index is 0.263. The van der Waals surface area contributed by atoms with Gasteiger partial charge in [0.15, 0.2) is 0 Å². The largest absolute Gasteiger partial charge is 0.264 e. The molecule has 0 spiro atoms. The number of nitrogens with zero attached hydrogens (tertiary/aromatic N) is 1. The summed E-state index contributed by atoms with van der Waals surface area (Å²) in [4.78, 5) is 3.95. The molecular formula is C12H9ClFN. The van der Waals surface area contributed by atoms with Gasteiger partial charge in [-0.25, -0.2) is 4.39 Å². The quantitative estimate of drug-likeness (QED) is 0.706. The average Bonchev–Trinajstić information content (AvgIpc) is 2.30. The summed E-state index contributed by atoms with van der Waals surface area (Å²) in [6.45, 7) is 0. The van der Waals surface area contributed by atoms with Crippen molar-refractivity contribution in [1.29, 1.82) is 0 Å². The van der Waals surface area contributed by atoms with Crippen molar-refractivity contribution in [2.75, 3.05) is 0 Å². The van der Waals surface area contributed by atoms with Crippen molar-refractivity contribution in [3.05, 3.63) is 54.1 Å². The zero-order valence-electron chi connectivity index (χ0n) is 7.95. The number of halogens is 2.